The summed E-state index contributed by atoms with van der Waals surface area (Å²) in [6, 6.07) is 10.4. The molecule has 0 aromatic heterocycles. The van der Waals surface area contributed by atoms with Crippen LogP contribution in [0.4, 0.5) is 0 Å². The van der Waals surface area contributed by atoms with Gasteiger partial charge in [-0.2, -0.15) is 0 Å². The monoisotopic (exact) mass is 334 g/mol. The van der Waals surface area contributed by atoms with Crippen molar-refractivity contribution >= 4 is 22.4 Å². The summed E-state index contributed by atoms with van der Waals surface area (Å²) in [4.78, 5) is 0. The number of rotatable bonds is 9. The van der Waals surface area contributed by atoms with Gasteiger partial charge in [0.1, 0.15) is 11.5 Å². The van der Waals surface area contributed by atoms with E-state index in [1.54, 1.807) is 0 Å². The van der Waals surface area contributed by atoms with Crippen LogP contribution in [0, 0.1) is 12.8 Å². The van der Waals surface area contributed by atoms with Crippen molar-refractivity contribution in [2.24, 2.45) is 5.92 Å². The molecular formula is C20H27ClO2. The molecule has 2 aromatic carbocycles. The smallest absolute Gasteiger partial charge is 0.130 e. The van der Waals surface area contributed by atoms with Gasteiger partial charge >= 0.3 is 0 Å². The summed E-state index contributed by atoms with van der Waals surface area (Å²) in [7, 11) is 0. The molecule has 2 nitrogen and oxygen atoms in total. The first-order chi connectivity index (χ1) is 11.2. The lowest BCUT2D eigenvalue weighted by Gasteiger charge is -2.17. The van der Waals surface area contributed by atoms with E-state index < -0.39 is 0 Å². The summed E-state index contributed by atoms with van der Waals surface area (Å²) in [5.74, 6) is 3.04. The van der Waals surface area contributed by atoms with Crippen LogP contribution in [0.25, 0.3) is 10.8 Å². The molecule has 1 atom stereocenters. The minimum absolute atomic E-state index is 0.451. The minimum Gasteiger partial charge on any atom is -0.493 e. The van der Waals surface area contributed by atoms with E-state index in [9.17, 15) is 0 Å². The zero-order chi connectivity index (χ0) is 16.7. The summed E-state index contributed by atoms with van der Waals surface area (Å²) in [5.41, 5.74) is 1.12. The second kappa shape index (κ2) is 9.02. The normalized spacial score (nSPS) is 12.3. The Balaban J connectivity index is 2.27. The molecule has 0 heterocycles. The van der Waals surface area contributed by atoms with Crippen LogP contribution in [-0.2, 0) is 0 Å². The third kappa shape index (κ3) is 4.78. The van der Waals surface area contributed by atoms with Crippen molar-refractivity contribution in [1.29, 1.82) is 0 Å². The number of hydrogen-bond donors (Lipinski definition) is 0. The maximum Gasteiger partial charge on any atom is 0.130 e. The standard InChI is InChI=1S/C20H27ClO2/c1-4-5-12-22-20-16(3)13-19(23-14-15(2)10-11-21)17-8-6-7-9-18(17)20/h6-9,13,15H,4-5,10-12,14H2,1-3H3. The van der Waals surface area contributed by atoms with E-state index in [1.165, 1.54) is 0 Å². The highest BCUT2D eigenvalue weighted by atomic mass is 35.5. The lowest BCUT2D eigenvalue weighted by atomic mass is 10.0. The average Bonchev–Trinajstić information content (AvgIpc) is 2.55. The van der Waals surface area contributed by atoms with Gasteiger partial charge in [-0.05, 0) is 37.3 Å². The van der Waals surface area contributed by atoms with Crippen molar-refractivity contribution in [3.63, 3.8) is 0 Å². The molecule has 0 fully saturated rings. The zero-order valence-corrected chi connectivity index (χ0v) is 15.2. The van der Waals surface area contributed by atoms with E-state index >= 15 is 0 Å². The molecule has 0 bridgehead atoms. The van der Waals surface area contributed by atoms with Crippen molar-refractivity contribution in [3.8, 4) is 11.5 Å². The maximum atomic E-state index is 6.08. The molecule has 2 rings (SSSR count). The van der Waals surface area contributed by atoms with Crippen LogP contribution in [-0.4, -0.2) is 19.1 Å². The molecule has 126 valence electrons. The molecule has 0 aliphatic rings. The first kappa shape index (κ1) is 17.9. The number of halogens is 1. The van der Waals surface area contributed by atoms with Gasteiger partial charge in [-0.15, -0.1) is 11.6 Å². The molecule has 3 heteroatoms. The predicted molar refractivity (Wildman–Crippen MR) is 99.1 cm³/mol. The first-order valence-corrected chi connectivity index (χ1v) is 9.04. The van der Waals surface area contributed by atoms with Gasteiger partial charge in [0.15, 0.2) is 0 Å². The van der Waals surface area contributed by atoms with E-state index in [0.29, 0.717) is 18.4 Å². The fourth-order valence-corrected chi connectivity index (χ4v) is 2.95. The largest absolute Gasteiger partial charge is 0.493 e. The Morgan fingerprint density at radius 2 is 1.87 bits per heavy atom. The van der Waals surface area contributed by atoms with Crippen LogP contribution in [0.5, 0.6) is 11.5 Å². The van der Waals surface area contributed by atoms with Crippen LogP contribution in [0.2, 0.25) is 0 Å². The van der Waals surface area contributed by atoms with E-state index in [2.05, 4.69) is 39.0 Å². The van der Waals surface area contributed by atoms with Crippen molar-refractivity contribution in [1.82, 2.24) is 0 Å². The summed E-state index contributed by atoms with van der Waals surface area (Å²) in [6.45, 7) is 7.87. The van der Waals surface area contributed by atoms with Gasteiger partial charge in [-0.3, -0.25) is 0 Å². The molecule has 0 aliphatic carbocycles. The highest BCUT2D eigenvalue weighted by Gasteiger charge is 2.12. The Morgan fingerprint density at radius 3 is 2.57 bits per heavy atom. The highest BCUT2D eigenvalue weighted by molar-refractivity contribution is 6.17. The number of benzene rings is 2. The van der Waals surface area contributed by atoms with E-state index in [1.807, 2.05) is 12.1 Å². The lowest BCUT2D eigenvalue weighted by molar-refractivity contribution is 0.259. The van der Waals surface area contributed by atoms with Crippen molar-refractivity contribution in [2.45, 2.75) is 40.0 Å². The number of aryl methyl sites for hydroxylation is 1. The fraction of sp³-hybridized carbons (Fsp3) is 0.500. The van der Waals surface area contributed by atoms with Gasteiger partial charge in [0.25, 0.3) is 0 Å². The lowest BCUT2D eigenvalue weighted by Crippen LogP contribution is -2.09. The molecule has 0 saturated carbocycles. The topological polar surface area (TPSA) is 18.5 Å². The van der Waals surface area contributed by atoms with E-state index in [0.717, 1.165) is 53.7 Å². The molecule has 23 heavy (non-hydrogen) atoms. The third-order valence-corrected chi connectivity index (χ3v) is 4.23. The van der Waals surface area contributed by atoms with Gasteiger partial charge in [0.05, 0.1) is 13.2 Å². The summed E-state index contributed by atoms with van der Waals surface area (Å²) in [5, 5.41) is 2.24. The molecule has 0 N–H and O–H groups in total. The highest BCUT2D eigenvalue weighted by Crippen LogP contribution is 2.36. The number of hydrogen-bond acceptors (Lipinski definition) is 2. The van der Waals surface area contributed by atoms with Crippen LogP contribution in [0.1, 0.15) is 38.7 Å². The summed E-state index contributed by atoms with van der Waals surface area (Å²) >= 11 is 5.81. The predicted octanol–water partition coefficient (Wildman–Crippen LogP) is 5.97. The molecule has 0 saturated heterocycles. The Morgan fingerprint density at radius 1 is 1.13 bits per heavy atom. The van der Waals surface area contributed by atoms with Crippen LogP contribution in [0.15, 0.2) is 30.3 Å². The minimum atomic E-state index is 0.451. The average molecular weight is 335 g/mol. The van der Waals surface area contributed by atoms with Gasteiger partial charge in [0, 0.05) is 16.7 Å². The van der Waals surface area contributed by atoms with Crippen LogP contribution in [0.3, 0.4) is 0 Å². The van der Waals surface area contributed by atoms with Gasteiger partial charge in [0.2, 0.25) is 0 Å². The zero-order valence-electron chi connectivity index (χ0n) is 14.4. The number of ether oxygens (including phenoxy) is 2. The quantitative estimate of drug-likeness (QED) is 0.415. The molecule has 1 unspecified atom stereocenters. The first-order valence-electron chi connectivity index (χ1n) is 8.51. The van der Waals surface area contributed by atoms with Gasteiger partial charge in [-0.25, -0.2) is 0 Å². The molecule has 0 amide bonds. The Labute approximate surface area is 144 Å². The second-order valence-electron chi connectivity index (χ2n) is 6.16. The van der Waals surface area contributed by atoms with Crippen LogP contribution >= 0.6 is 11.6 Å². The Bertz CT molecular complexity index is 624. The van der Waals surface area contributed by atoms with Crippen molar-refractivity contribution < 1.29 is 9.47 Å². The summed E-state index contributed by atoms with van der Waals surface area (Å²) in [6.07, 6.45) is 3.18. The molecule has 0 spiro atoms. The second-order valence-corrected chi connectivity index (χ2v) is 6.54. The van der Waals surface area contributed by atoms with E-state index in [4.69, 9.17) is 21.1 Å². The number of fused-ring (bicyclic) bond motifs is 1. The Kier molecular flexibility index (Phi) is 7.04. The van der Waals surface area contributed by atoms with Crippen LogP contribution < -0.4 is 9.47 Å². The van der Waals surface area contributed by atoms with Gasteiger partial charge < -0.3 is 9.47 Å². The Hall–Kier alpha value is -1.41. The number of unbranched alkanes of at least 4 members (excludes halogenated alkanes) is 1. The number of alkyl halides is 1. The SMILES string of the molecule is CCCCOc1c(C)cc(OCC(C)CCCl)c2ccccc12. The molecule has 0 radical (unpaired) electrons. The molecule has 2 aromatic rings. The van der Waals surface area contributed by atoms with Gasteiger partial charge in [-0.1, -0.05) is 44.5 Å². The fourth-order valence-electron chi connectivity index (χ4n) is 2.58. The van der Waals surface area contributed by atoms with Crippen molar-refractivity contribution in [3.05, 3.63) is 35.9 Å². The summed E-state index contributed by atoms with van der Waals surface area (Å²) < 4.78 is 12.1. The third-order valence-electron chi connectivity index (χ3n) is 4.01. The van der Waals surface area contributed by atoms with Crippen molar-refractivity contribution in [2.75, 3.05) is 19.1 Å². The van der Waals surface area contributed by atoms with E-state index in [-0.39, 0.29) is 0 Å². The maximum absolute atomic E-state index is 6.08. The molecular weight excluding hydrogens is 308 g/mol. The molecule has 0 aliphatic heterocycles.